The number of hydrogen-bond donors (Lipinski definition) is 1. The maximum Gasteiger partial charge on any atom is 0.230 e. The van der Waals surface area contributed by atoms with Crippen molar-refractivity contribution in [3.63, 3.8) is 0 Å². The molecule has 1 aromatic rings. The van der Waals surface area contributed by atoms with Gasteiger partial charge in [0.1, 0.15) is 5.82 Å². The zero-order valence-electron chi connectivity index (χ0n) is 14.0. The summed E-state index contributed by atoms with van der Waals surface area (Å²) in [6.07, 6.45) is 5.15. The number of nitrogens with zero attached hydrogens (tertiary/aromatic N) is 1. The molecule has 0 radical (unpaired) electrons. The first-order valence-electron chi connectivity index (χ1n) is 8.91. The van der Waals surface area contributed by atoms with Crippen LogP contribution in [-0.4, -0.2) is 37.0 Å². The molecule has 0 atom stereocenters. The van der Waals surface area contributed by atoms with E-state index in [0.29, 0.717) is 5.92 Å². The van der Waals surface area contributed by atoms with Gasteiger partial charge >= 0.3 is 0 Å². The van der Waals surface area contributed by atoms with Crippen molar-refractivity contribution >= 4 is 5.91 Å². The fourth-order valence-corrected chi connectivity index (χ4v) is 3.86. The van der Waals surface area contributed by atoms with Gasteiger partial charge < -0.3 is 10.2 Å². The van der Waals surface area contributed by atoms with E-state index < -0.39 is 5.41 Å². The quantitative estimate of drug-likeness (QED) is 0.905. The van der Waals surface area contributed by atoms with Gasteiger partial charge in [-0.1, -0.05) is 25.5 Å². The number of nitrogens with one attached hydrogen (secondary N) is 1. The Morgan fingerprint density at radius 2 is 1.91 bits per heavy atom. The average Bonchev–Trinajstić information content (AvgIpc) is 2.54. The number of carbonyl (C=O) groups is 1. The Morgan fingerprint density at radius 1 is 1.26 bits per heavy atom. The van der Waals surface area contributed by atoms with Crippen molar-refractivity contribution in [3.05, 3.63) is 35.6 Å². The van der Waals surface area contributed by atoms with Gasteiger partial charge in [-0.3, -0.25) is 4.79 Å². The van der Waals surface area contributed by atoms with Crippen LogP contribution < -0.4 is 5.32 Å². The molecule has 1 aliphatic carbocycles. The number of amides is 1. The fourth-order valence-electron chi connectivity index (χ4n) is 3.86. The van der Waals surface area contributed by atoms with Gasteiger partial charge in [0.15, 0.2) is 0 Å². The minimum atomic E-state index is -0.419. The highest BCUT2D eigenvalue weighted by molar-refractivity contribution is 5.89. The number of piperidine rings is 1. The molecule has 3 rings (SSSR count). The van der Waals surface area contributed by atoms with Gasteiger partial charge in [0.25, 0.3) is 0 Å². The first-order valence-corrected chi connectivity index (χ1v) is 8.91. The second-order valence-electron chi connectivity index (χ2n) is 7.03. The Morgan fingerprint density at radius 3 is 2.43 bits per heavy atom. The number of benzene rings is 1. The number of carbonyl (C=O) groups excluding carboxylic acids is 1. The Balaban J connectivity index is 1.57. The summed E-state index contributed by atoms with van der Waals surface area (Å²) in [4.78, 5) is 15.2. The Kier molecular flexibility index (Phi) is 5.00. The van der Waals surface area contributed by atoms with Crippen molar-refractivity contribution < 1.29 is 9.18 Å². The molecular formula is C19H27FN2O. The van der Waals surface area contributed by atoms with Gasteiger partial charge in [-0.2, -0.15) is 0 Å². The number of rotatable bonds is 5. The normalized spacial score (nSPS) is 21.7. The summed E-state index contributed by atoms with van der Waals surface area (Å²) in [6.45, 7) is 6.37. The van der Waals surface area contributed by atoms with Crippen LogP contribution in [0.4, 0.5) is 4.39 Å². The highest BCUT2D eigenvalue weighted by Crippen LogP contribution is 2.44. The van der Waals surface area contributed by atoms with Crippen LogP contribution in [-0.2, 0) is 10.2 Å². The van der Waals surface area contributed by atoms with E-state index in [9.17, 15) is 9.18 Å². The third kappa shape index (κ3) is 3.42. The number of hydrogen-bond acceptors (Lipinski definition) is 2. The molecule has 1 saturated carbocycles. The SMILES string of the molecule is CCN1CCC(CNC(=O)C2(c3ccc(F)cc3)CCC2)CC1. The monoisotopic (exact) mass is 318 g/mol. The number of halogens is 1. The first-order chi connectivity index (χ1) is 11.1. The Labute approximate surface area is 138 Å². The molecule has 0 aromatic heterocycles. The van der Waals surface area contributed by atoms with E-state index in [1.807, 2.05) is 0 Å². The van der Waals surface area contributed by atoms with Gasteiger partial charge in [-0.25, -0.2) is 4.39 Å². The van der Waals surface area contributed by atoms with Crippen molar-refractivity contribution in [3.8, 4) is 0 Å². The Hall–Kier alpha value is -1.42. The summed E-state index contributed by atoms with van der Waals surface area (Å²) in [5, 5.41) is 3.19. The van der Waals surface area contributed by atoms with Gasteiger partial charge in [0.2, 0.25) is 5.91 Å². The fraction of sp³-hybridized carbons (Fsp3) is 0.632. The summed E-state index contributed by atoms with van der Waals surface area (Å²) < 4.78 is 13.1. The molecule has 1 N–H and O–H groups in total. The molecule has 3 nitrogen and oxygen atoms in total. The Bertz CT molecular complexity index is 531. The van der Waals surface area contributed by atoms with Crippen LogP contribution in [0.2, 0.25) is 0 Å². The van der Waals surface area contributed by atoms with E-state index in [4.69, 9.17) is 0 Å². The predicted molar refractivity (Wildman–Crippen MR) is 89.8 cm³/mol. The molecule has 0 unspecified atom stereocenters. The van der Waals surface area contributed by atoms with Gasteiger partial charge in [-0.05, 0) is 68.9 Å². The lowest BCUT2D eigenvalue weighted by atomic mass is 9.63. The van der Waals surface area contributed by atoms with Crippen molar-refractivity contribution in [2.24, 2.45) is 5.92 Å². The van der Waals surface area contributed by atoms with Gasteiger partial charge in [-0.15, -0.1) is 0 Å². The van der Waals surface area contributed by atoms with Gasteiger partial charge in [0.05, 0.1) is 5.41 Å². The predicted octanol–water partition coefficient (Wildman–Crippen LogP) is 3.10. The summed E-state index contributed by atoms with van der Waals surface area (Å²) in [7, 11) is 0. The second kappa shape index (κ2) is 7.00. The van der Waals surface area contributed by atoms with Crippen molar-refractivity contribution in [1.29, 1.82) is 0 Å². The maximum absolute atomic E-state index is 13.1. The van der Waals surface area contributed by atoms with Crippen molar-refractivity contribution in [1.82, 2.24) is 10.2 Å². The lowest BCUT2D eigenvalue weighted by Gasteiger charge is -2.41. The van der Waals surface area contributed by atoms with Crippen molar-refractivity contribution in [2.75, 3.05) is 26.2 Å². The summed E-state index contributed by atoms with van der Waals surface area (Å²) in [5.74, 6) is 0.478. The molecule has 2 aliphatic rings. The van der Waals surface area contributed by atoms with E-state index in [-0.39, 0.29) is 11.7 Å². The molecule has 1 saturated heterocycles. The van der Waals surface area contributed by atoms with E-state index in [2.05, 4.69) is 17.1 Å². The molecular weight excluding hydrogens is 291 g/mol. The van der Waals surface area contributed by atoms with Crippen LogP contribution in [0.1, 0.15) is 44.6 Å². The van der Waals surface area contributed by atoms with Gasteiger partial charge in [0, 0.05) is 6.54 Å². The van der Waals surface area contributed by atoms with E-state index >= 15 is 0 Å². The molecule has 1 aliphatic heterocycles. The molecule has 0 spiro atoms. The minimum Gasteiger partial charge on any atom is -0.355 e. The van der Waals surface area contributed by atoms with E-state index in [1.165, 1.54) is 12.1 Å². The van der Waals surface area contributed by atoms with Crippen LogP contribution in [0.5, 0.6) is 0 Å². The molecule has 1 heterocycles. The average molecular weight is 318 g/mol. The third-order valence-electron chi connectivity index (χ3n) is 5.74. The van der Waals surface area contributed by atoms with Crippen LogP contribution in [0.25, 0.3) is 0 Å². The molecule has 0 bridgehead atoms. The molecule has 23 heavy (non-hydrogen) atoms. The van der Waals surface area contributed by atoms with E-state index in [1.54, 1.807) is 12.1 Å². The number of likely N-dealkylation sites (tertiary alicyclic amines) is 1. The topological polar surface area (TPSA) is 32.3 Å². The maximum atomic E-state index is 13.1. The highest BCUT2D eigenvalue weighted by atomic mass is 19.1. The smallest absolute Gasteiger partial charge is 0.230 e. The zero-order valence-corrected chi connectivity index (χ0v) is 14.0. The van der Waals surface area contributed by atoms with E-state index in [0.717, 1.165) is 63.8 Å². The zero-order chi connectivity index (χ0) is 16.3. The lowest BCUT2D eigenvalue weighted by molar-refractivity contribution is -0.130. The molecule has 126 valence electrons. The van der Waals surface area contributed by atoms with Crippen molar-refractivity contribution in [2.45, 2.75) is 44.4 Å². The van der Waals surface area contributed by atoms with Crippen LogP contribution in [0.3, 0.4) is 0 Å². The molecule has 2 fully saturated rings. The first kappa shape index (κ1) is 16.4. The molecule has 4 heteroatoms. The summed E-state index contributed by atoms with van der Waals surface area (Å²) >= 11 is 0. The van der Waals surface area contributed by atoms with Crippen LogP contribution in [0.15, 0.2) is 24.3 Å². The standard InChI is InChI=1S/C19H27FN2O/c1-2-22-12-8-15(9-13-22)14-21-18(23)19(10-3-11-19)16-4-6-17(20)7-5-16/h4-7,15H,2-3,8-14H2,1H3,(H,21,23). The third-order valence-corrected chi connectivity index (χ3v) is 5.74. The molecule has 1 amide bonds. The summed E-state index contributed by atoms with van der Waals surface area (Å²) in [6, 6.07) is 6.47. The second-order valence-corrected chi connectivity index (χ2v) is 7.03. The minimum absolute atomic E-state index is 0.133. The lowest BCUT2D eigenvalue weighted by Crippen LogP contribution is -2.50. The summed E-state index contributed by atoms with van der Waals surface area (Å²) in [5.41, 5.74) is 0.543. The highest BCUT2D eigenvalue weighted by Gasteiger charge is 2.45. The van der Waals surface area contributed by atoms with Crippen LogP contribution in [0, 0.1) is 11.7 Å². The molecule has 1 aromatic carbocycles. The van der Waals surface area contributed by atoms with Crippen LogP contribution >= 0.6 is 0 Å². The largest absolute Gasteiger partial charge is 0.355 e.